The molecule has 2 N–H and O–H groups in total. The minimum atomic E-state index is -0.307. The molecule has 1 saturated heterocycles. The van der Waals surface area contributed by atoms with Gasteiger partial charge in [-0.1, -0.05) is 6.92 Å². The van der Waals surface area contributed by atoms with E-state index in [2.05, 4.69) is 13.8 Å². The number of nitrogens with two attached hydrogens (primary N) is 1. The summed E-state index contributed by atoms with van der Waals surface area (Å²) in [5.41, 5.74) is 5.78. The summed E-state index contributed by atoms with van der Waals surface area (Å²) in [6.45, 7) is 6.20. The Morgan fingerprint density at radius 1 is 1.43 bits per heavy atom. The molecule has 1 aliphatic heterocycles. The lowest BCUT2D eigenvalue weighted by Gasteiger charge is -2.40. The van der Waals surface area contributed by atoms with Gasteiger partial charge >= 0.3 is 0 Å². The SMILES string of the molecule is CCC(N)C(=O)N1C(C)CCCC1C. The Morgan fingerprint density at radius 2 is 1.93 bits per heavy atom. The number of piperidine rings is 1. The summed E-state index contributed by atoms with van der Waals surface area (Å²) in [6, 6.07) is 0.422. The molecule has 1 rings (SSSR count). The van der Waals surface area contributed by atoms with Crippen LogP contribution in [0.15, 0.2) is 0 Å². The smallest absolute Gasteiger partial charge is 0.239 e. The molecule has 0 aromatic carbocycles. The molecular formula is C11H22N2O. The number of amides is 1. The van der Waals surface area contributed by atoms with E-state index in [4.69, 9.17) is 5.73 Å². The Labute approximate surface area is 86.6 Å². The molecule has 3 nitrogen and oxygen atoms in total. The molecule has 1 fully saturated rings. The summed E-state index contributed by atoms with van der Waals surface area (Å²) in [4.78, 5) is 13.9. The average molecular weight is 198 g/mol. The number of likely N-dealkylation sites (tertiary alicyclic amines) is 1. The molecule has 1 aliphatic rings. The van der Waals surface area contributed by atoms with Crippen LogP contribution in [0.25, 0.3) is 0 Å². The van der Waals surface area contributed by atoms with Gasteiger partial charge in [-0.25, -0.2) is 0 Å². The Kier molecular flexibility index (Phi) is 3.93. The van der Waals surface area contributed by atoms with Crippen LogP contribution in [0.4, 0.5) is 0 Å². The number of carbonyl (C=O) groups excluding carboxylic acids is 1. The van der Waals surface area contributed by atoms with Crippen LogP contribution in [0.1, 0.15) is 46.5 Å². The Hall–Kier alpha value is -0.570. The van der Waals surface area contributed by atoms with Crippen LogP contribution in [0.5, 0.6) is 0 Å². The monoisotopic (exact) mass is 198 g/mol. The summed E-state index contributed by atoms with van der Waals surface area (Å²) in [7, 11) is 0. The van der Waals surface area contributed by atoms with E-state index in [-0.39, 0.29) is 11.9 Å². The summed E-state index contributed by atoms with van der Waals surface area (Å²) < 4.78 is 0. The van der Waals surface area contributed by atoms with E-state index in [1.54, 1.807) is 0 Å². The molecule has 3 atom stereocenters. The van der Waals surface area contributed by atoms with Crippen LogP contribution in [0, 0.1) is 0 Å². The van der Waals surface area contributed by atoms with Crippen LogP contribution < -0.4 is 5.73 Å². The van der Waals surface area contributed by atoms with E-state index >= 15 is 0 Å². The van der Waals surface area contributed by atoms with Crippen molar-refractivity contribution in [1.29, 1.82) is 0 Å². The molecule has 0 bridgehead atoms. The molecule has 0 spiro atoms. The maximum atomic E-state index is 12.0. The van der Waals surface area contributed by atoms with Crippen LogP contribution in [-0.4, -0.2) is 28.9 Å². The second-order valence-corrected chi connectivity index (χ2v) is 4.39. The topological polar surface area (TPSA) is 46.3 Å². The second kappa shape index (κ2) is 4.78. The standard InChI is InChI=1S/C11H22N2O/c1-4-10(12)11(14)13-8(2)6-5-7-9(13)3/h8-10H,4-7,12H2,1-3H3. The molecule has 0 radical (unpaired) electrons. The molecule has 1 heterocycles. The fraction of sp³-hybridized carbons (Fsp3) is 0.909. The lowest BCUT2D eigenvalue weighted by molar-refractivity contribution is -0.138. The number of nitrogens with zero attached hydrogens (tertiary/aromatic N) is 1. The highest BCUT2D eigenvalue weighted by molar-refractivity contribution is 5.82. The number of hydrogen-bond acceptors (Lipinski definition) is 2. The zero-order chi connectivity index (χ0) is 10.7. The van der Waals surface area contributed by atoms with Crippen molar-refractivity contribution in [3.63, 3.8) is 0 Å². The molecule has 0 aliphatic carbocycles. The molecule has 82 valence electrons. The fourth-order valence-corrected chi connectivity index (χ4v) is 2.22. The first kappa shape index (κ1) is 11.5. The van der Waals surface area contributed by atoms with E-state index < -0.39 is 0 Å². The molecule has 1 amide bonds. The quantitative estimate of drug-likeness (QED) is 0.731. The van der Waals surface area contributed by atoms with E-state index in [0.29, 0.717) is 12.1 Å². The molecule has 3 unspecified atom stereocenters. The Bertz CT molecular complexity index is 195. The second-order valence-electron chi connectivity index (χ2n) is 4.39. The number of rotatable bonds is 2. The molecule has 14 heavy (non-hydrogen) atoms. The predicted molar refractivity (Wildman–Crippen MR) is 57.9 cm³/mol. The summed E-state index contributed by atoms with van der Waals surface area (Å²) in [5.74, 6) is 0.132. The van der Waals surface area contributed by atoms with Crippen LogP contribution in [0.3, 0.4) is 0 Å². The zero-order valence-electron chi connectivity index (χ0n) is 9.49. The highest BCUT2D eigenvalue weighted by Crippen LogP contribution is 2.23. The maximum Gasteiger partial charge on any atom is 0.239 e. The first-order valence-corrected chi connectivity index (χ1v) is 5.65. The third-order valence-corrected chi connectivity index (χ3v) is 3.21. The van der Waals surface area contributed by atoms with Crippen LogP contribution in [-0.2, 0) is 4.79 Å². The minimum Gasteiger partial charge on any atom is -0.336 e. The van der Waals surface area contributed by atoms with Gasteiger partial charge in [0, 0.05) is 12.1 Å². The van der Waals surface area contributed by atoms with Gasteiger partial charge in [-0.05, 0) is 39.5 Å². The third kappa shape index (κ3) is 2.27. The van der Waals surface area contributed by atoms with Gasteiger partial charge in [-0.3, -0.25) is 4.79 Å². The van der Waals surface area contributed by atoms with Crippen molar-refractivity contribution in [2.45, 2.75) is 64.6 Å². The van der Waals surface area contributed by atoms with E-state index in [9.17, 15) is 4.79 Å². The molecule has 0 aromatic rings. The van der Waals surface area contributed by atoms with Crippen molar-refractivity contribution in [2.24, 2.45) is 5.73 Å². The van der Waals surface area contributed by atoms with Crippen molar-refractivity contribution < 1.29 is 4.79 Å². The van der Waals surface area contributed by atoms with E-state index in [1.165, 1.54) is 6.42 Å². The van der Waals surface area contributed by atoms with Gasteiger partial charge in [0.1, 0.15) is 0 Å². The van der Waals surface area contributed by atoms with Crippen molar-refractivity contribution in [3.05, 3.63) is 0 Å². The largest absolute Gasteiger partial charge is 0.336 e. The Morgan fingerprint density at radius 3 is 2.36 bits per heavy atom. The Balaban J connectivity index is 2.67. The van der Waals surface area contributed by atoms with Crippen LogP contribution in [0.2, 0.25) is 0 Å². The molecule has 3 heteroatoms. The maximum absolute atomic E-state index is 12.0. The fourth-order valence-electron chi connectivity index (χ4n) is 2.22. The first-order valence-electron chi connectivity index (χ1n) is 5.65. The summed E-state index contributed by atoms with van der Waals surface area (Å²) in [5, 5.41) is 0. The molecular weight excluding hydrogens is 176 g/mol. The van der Waals surface area contributed by atoms with Gasteiger partial charge in [0.05, 0.1) is 6.04 Å². The van der Waals surface area contributed by atoms with Crippen molar-refractivity contribution in [3.8, 4) is 0 Å². The van der Waals surface area contributed by atoms with E-state index in [1.807, 2.05) is 11.8 Å². The van der Waals surface area contributed by atoms with Gasteiger partial charge in [0.25, 0.3) is 0 Å². The number of carbonyl (C=O) groups is 1. The zero-order valence-corrected chi connectivity index (χ0v) is 9.49. The van der Waals surface area contributed by atoms with Gasteiger partial charge in [-0.15, -0.1) is 0 Å². The normalized spacial score (nSPS) is 30.1. The van der Waals surface area contributed by atoms with Gasteiger partial charge in [0.2, 0.25) is 5.91 Å². The molecule has 0 saturated carbocycles. The molecule has 0 aromatic heterocycles. The summed E-state index contributed by atoms with van der Waals surface area (Å²) >= 11 is 0. The first-order chi connectivity index (χ1) is 6.57. The lowest BCUT2D eigenvalue weighted by atomic mass is 9.96. The number of hydrogen-bond donors (Lipinski definition) is 1. The third-order valence-electron chi connectivity index (χ3n) is 3.21. The minimum absolute atomic E-state index is 0.132. The summed E-state index contributed by atoms with van der Waals surface area (Å²) in [6.07, 6.45) is 4.20. The van der Waals surface area contributed by atoms with Gasteiger partial charge in [0.15, 0.2) is 0 Å². The van der Waals surface area contributed by atoms with Crippen LogP contribution >= 0.6 is 0 Å². The van der Waals surface area contributed by atoms with Crippen molar-refractivity contribution in [2.75, 3.05) is 0 Å². The highest BCUT2D eigenvalue weighted by Gasteiger charge is 2.30. The van der Waals surface area contributed by atoms with E-state index in [0.717, 1.165) is 19.3 Å². The predicted octanol–water partition coefficient (Wildman–Crippen LogP) is 1.51. The van der Waals surface area contributed by atoms with Gasteiger partial charge < -0.3 is 10.6 Å². The van der Waals surface area contributed by atoms with Crippen molar-refractivity contribution >= 4 is 5.91 Å². The average Bonchev–Trinajstić information content (AvgIpc) is 2.16. The van der Waals surface area contributed by atoms with Crippen molar-refractivity contribution in [1.82, 2.24) is 4.90 Å². The lowest BCUT2D eigenvalue weighted by Crippen LogP contribution is -2.53. The van der Waals surface area contributed by atoms with Gasteiger partial charge in [-0.2, -0.15) is 0 Å². The highest BCUT2D eigenvalue weighted by atomic mass is 16.2.